The van der Waals surface area contributed by atoms with Crippen LogP contribution >= 0.6 is 22.9 Å². The van der Waals surface area contributed by atoms with Gasteiger partial charge >= 0.3 is 6.03 Å². The van der Waals surface area contributed by atoms with Crippen LogP contribution in [-0.4, -0.2) is 19.7 Å². The molecule has 1 aromatic heterocycles. The zero-order chi connectivity index (χ0) is 15.9. The van der Waals surface area contributed by atoms with Crippen LogP contribution in [0.2, 0.25) is 5.02 Å². The van der Waals surface area contributed by atoms with E-state index in [9.17, 15) is 4.79 Å². The first-order valence-corrected chi connectivity index (χ1v) is 8.13. The molecule has 0 aliphatic carbocycles. The van der Waals surface area contributed by atoms with Crippen molar-refractivity contribution in [2.75, 3.05) is 13.7 Å². The first-order valence-electron chi connectivity index (χ1n) is 6.93. The minimum absolute atomic E-state index is 0.125. The fourth-order valence-corrected chi connectivity index (χ4v) is 3.04. The number of carbonyl (C=O) groups is 1. The highest BCUT2D eigenvalue weighted by molar-refractivity contribution is 7.12. The van der Waals surface area contributed by atoms with E-state index in [1.807, 2.05) is 31.2 Å². The van der Waals surface area contributed by atoms with Crippen molar-refractivity contribution >= 4 is 29.0 Å². The fourth-order valence-electron chi connectivity index (χ4n) is 1.96. The highest BCUT2D eigenvalue weighted by Crippen LogP contribution is 2.24. The number of ether oxygens (including phenoxy) is 1. The Kier molecular flexibility index (Phi) is 6.24. The number of methoxy groups -OCH3 is 1. The Morgan fingerprint density at radius 2 is 1.95 bits per heavy atom. The first-order chi connectivity index (χ1) is 10.6. The Labute approximate surface area is 139 Å². The van der Waals surface area contributed by atoms with Crippen LogP contribution in [0.3, 0.4) is 0 Å². The van der Waals surface area contributed by atoms with Gasteiger partial charge in [-0.05, 0) is 36.8 Å². The molecule has 1 heterocycles. The molecule has 0 aliphatic heterocycles. The molecule has 2 N–H and O–H groups in total. The summed E-state index contributed by atoms with van der Waals surface area (Å²) in [5, 5.41) is 6.32. The monoisotopic (exact) mass is 338 g/mol. The number of hydrogen-bond donors (Lipinski definition) is 2. The average molecular weight is 339 g/mol. The summed E-state index contributed by atoms with van der Waals surface area (Å²) in [7, 11) is 1.65. The number of thiophene rings is 1. The van der Waals surface area contributed by atoms with E-state index in [0.29, 0.717) is 18.1 Å². The molecule has 0 spiro atoms. The van der Waals surface area contributed by atoms with Gasteiger partial charge in [0.25, 0.3) is 0 Å². The van der Waals surface area contributed by atoms with Gasteiger partial charge in [0.2, 0.25) is 0 Å². The van der Waals surface area contributed by atoms with Crippen molar-refractivity contribution < 1.29 is 9.53 Å². The molecule has 0 radical (unpaired) electrons. The van der Waals surface area contributed by atoms with Gasteiger partial charge in [0.15, 0.2) is 0 Å². The summed E-state index contributed by atoms with van der Waals surface area (Å²) >= 11 is 7.50. The molecular weight excluding hydrogens is 320 g/mol. The molecule has 0 fully saturated rings. The Bertz CT molecular complexity index is 613. The molecule has 1 aromatic carbocycles. The van der Waals surface area contributed by atoms with E-state index in [0.717, 1.165) is 10.4 Å². The molecule has 0 aliphatic rings. The molecule has 2 aromatic rings. The maximum Gasteiger partial charge on any atom is 0.315 e. The maximum atomic E-state index is 11.8. The predicted octanol–water partition coefficient (Wildman–Crippen LogP) is 3.90. The van der Waals surface area contributed by atoms with Crippen LogP contribution in [0.4, 0.5) is 4.79 Å². The van der Waals surface area contributed by atoms with Crippen molar-refractivity contribution in [1.29, 1.82) is 0 Å². The third kappa shape index (κ3) is 5.02. The summed E-state index contributed by atoms with van der Waals surface area (Å²) in [5.74, 6) is 0. The number of urea groups is 1. The number of carbonyl (C=O) groups excluding carboxylic acids is 1. The Balaban J connectivity index is 1.78. The quantitative estimate of drug-likeness (QED) is 0.839. The fraction of sp³-hybridized carbons (Fsp3) is 0.312. The number of nitrogens with one attached hydrogen (secondary N) is 2. The van der Waals surface area contributed by atoms with Gasteiger partial charge in [-0.2, -0.15) is 0 Å². The molecule has 0 saturated heterocycles. The Morgan fingerprint density at radius 1 is 1.23 bits per heavy atom. The van der Waals surface area contributed by atoms with Gasteiger partial charge in [-0.25, -0.2) is 4.79 Å². The highest BCUT2D eigenvalue weighted by Gasteiger charge is 2.13. The van der Waals surface area contributed by atoms with E-state index in [4.69, 9.17) is 16.3 Å². The second-order valence-corrected chi connectivity index (χ2v) is 6.62. The first kappa shape index (κ1) is 16.8. The largest absolute Gasteiger partial charge is 0.374 e. The molecule has 4 nitrogen and oxygen atoms in total. The number of halogens is 1. The summed E-state index contributed by atoms with van der Waals surface area (Å²) < 4.78 is 5.43. The number of rotatable bonds is 6. The third-order valence-electron chi connectivity index (χ3n) is 3.18. The zero-order valence-electron chi connectivity index (χ0n) is 12.6. The van der Waals surface area contributed by atoms with Crippen LogP contribution in [0.1, 0.15) is 21.4 Å². The number of aryl methyl sites for hydroxylation is 1. The predicted molar refractivity (Wildman–Crippen MR) is 90.5 cm³/mol. The lowest BCUT2D eigenvalue weighted by Crippen LogP contribution is -2.37. The maximum absolute atomic E-state index is 11.8. The Morgan fingerprint density at radius 3 is 2.55 bits per heavy atom. The van der Waals surface area contributed by atoms with Crippen LogP contribution in [0, 0.1) is 6.92 Å². The smallest absolute Gasteiger partial charge is 0.315 e. The van der Waals surface area contributed by atoms with Crippen molar-refractivity contribution in [1.82, 2.24) is 10.6 Å². The number of benzene rings is 1. The van der Waals surface area contributed by atoms with Crippen molar-refractivity contribution in [3.63, 3.8) is 0 Å². The van der Waals surface area contributed by atoms with Crippen molar-refractivity contribution in [2.45, 2.75) is 19.6 Å². The molecule has 6 heteroatoms. The van der Waals surface area contributed by atoms with Gasteiger partial charge in [-0.3, -0.25) is 0 Å². The molecule has 22 heavy (non-hydrogen) atoms. The van der Waals surface area contributed by atoms with Crippen molar-refractivity contribution in [3.05, 3.63) is 56.7 Å². The minimum atomic E-state index is -0.217. The van der Waals surface area contributed by atoms with E-state index in [2.05, 4.69) is 10.6 Å². The molecule has 0 saturated carbocycles. The second kappa shape index (κ2) is 8.17. The topological polar surface area (TPSA) is 50.4 Å². The third-order valence-corrected chi connectivity index (χ3v) is 4.52. The van der Waals surface area contributed by atoms with E-state index in [1.54, 1.807) is 30.6 Å². The minimum Gasteiger partial charge on any atom is -0.374 e. The summed E-state index contributed by atoms with van der Waals surface area (Å²) in [5.41, 5.74) is 0.997. The lowest BCUT2D eigenvalue weighted by atomic mass is 10.2. The van der Waals surface area contributed by atoms with Crippen LogP contribution in [0.15, 0.2) is 36.4 Å². The molecule has 2 rings (SSSR count). The van der Waals surface area contributed by atoms with Crippen LogP contribution in [-0.2, 0) is 11.3 Å². The Hall–Kier alpha value is -1.56. The van der Waals surface area contributed by atoms with Crippen LogP contribution < -0.4 is 10.6 Å². The number of amides is 2. The lowest BCUT2D eigenvalue weighted by molar-refractivity contribution is 0.107. The highest BCUT2D eigenvalue weighted by atomic mass is 35.5. The van der Waals surface area contributed by atoms with E-state index < -0.39 is 0 Å². The summed E-state index contributed by atoms with van der Waals surface area (Å²) in [6, 6.07) is 11.2. The molecule has 118 valence electrons. The normalized spacial score (nSPS) is 12.0. The molecule has 1 atom stereocenters. The summed E-state index contributed by atoms with van der Waals surface area (Å²) in [6.07, 6.45) is -0.125. The van der Waals surface area contributed by atoms with E-state index in [-0.39, 0.29) is 12.1 Å². The van der Waals surface area contributed by atoms with Gasteiger partial charge in [0.1, 0.15) is 6.10 Å². The zero-order valence-corrected chi connectivity index (χ0v) is 14.1. The van der Waals surface area contributed by atoms with E-state index in [1.165, 1.54) is 4.88 Å². The van der Waals surface area contributed by atoms with Gasteiger partial charge in [-0.15, -0.1) is 11.3 Å². The molecular formula is C16H19ClN2O2S. The van der Waals surface area contributed by atoms with E-state index >= 15 is 0 Å². The summed E-state index contributed by atoms with van der Waals surface area (Å²) in [4.78, 5) is 14.2. The standard InChI is InChI=1S/C16H19ClN2O2S/c1-11-3-8-15(22-11)14(21-2)10-19-16(20)18-9-12-4-6-13(17)7-5-12/h3-8,14H,9-10H2,1-2H3,(H2,18,19,20)/t14-/m0/s1. The lowest BCUT2D eigenvalue weighted by Gasteiger charge is -2.15. The average Bonchev–Trinajstić information content (AvgIpc) is 2.94. The SMILES string of the molecule is CO[C@@H](CNC(=O)NCc1ccc(Cl)cc1)c1ccc(C)s1. The second-order valence-electron chi connectivity index (χ2n) is 4.86. The molecule has 2 amide bonds. The van der Waals surface area contributed by atoms with Crippen molar-refractivity contribution in [3.8, 4) is 0 Å². The molecule has 0 bridgehead atoms. The van der Waals surface area contributed by atoms with Gasteiger partial charge in [0, 0.05) is 28.4 Å². The van der Waals surface area contributed by atoms with Gasteiger partial charge in [0.05, 0.1) is 6.54 Å². The van der Waals surface area contributed by atoms with Gasteiger partial charge < -0.3 is 15.4 Å². The number of hydrogen-bond acceptors (Lipinski definition) is 3. The molecule has 0 unspecified atom stereocenters. The summed E-state index contributed by atoms with van der Waals surface area (Å²) in [6.45, 7) is 2.94. The van der Waals surface area contributed by atoms with Crippen molar-refractivity contribution in [2.24, 2.45) is 0 Å². The van der Waals surface area contributed by atoms with Crippen LogP contribution in [0.5, 0.6) is 0 Å². The van der Waals surface area contributed by atoms with Gasteiger partial charge in [-0.1, -0.05) is 23.7 Å². The van der Waals surface area contributed by atoms with Crippen LogP contribution in [0.25, 0.3) is 0 Å².